The van der Waals surface area contributed by atoms with Gasteiger partial charge in [-0.15, -0.1) is 0 Å². The quantitative estimate of drug-likeness (QED) is 0.0484. The smallest absolute Gasteiger partial charge is 0.410 e. The van der Waals surface area contributed by atoms with E-state index < -0.39 is 65.0 Å². The van der Waals surface area contributed by atoms with Crippen LogP contribution in [-0.4, -0.2) is 145 Å². The van der Waals surface area contributed by atoms with Crippen molar-refractivity contribution in [2.24, 2.45) is 39.4 Å². The lowest BCUT2D eigenvalue weighted by atomic mass is 9.84. The molecule has 560 valence electrons. The van der Waals surface area contributed by atoms with Gasteiger partial charge < -0.3 is 38.8 Å². The molecular formula is C88H105N5O13. The maximum Gasteiger partial charge on any atom is 0.410 e. The predicted molar refractivity (Wildman–Crippen MR) is 408 cm³/mol. The highest BCUT2D eigenvalue weighted by Crippen LogP contribution is 2.48. The van der Waals surface area contributed by atoms with Crippen LogP contribution in [0.4, 0.5) is 9.59 Å². The van der Waals surface area contributed by atoms with E-state index in [1.807, 2.05) is 151 Å². The first-order valence-electron chi connectivity index (χ1n) is 38.6. The van der Waals surface area contributed by atoms with Crippen LogP contribution in [0.5, 0.6) is 0 Å². The van der Waals surface area contributed by atoms with Crippen LogP contribution in [0.25, 0.3) is 22.3 Å². The largest absolute Gasteiger partial charge is 0.449 e. The second-order valence-corrected chi connectivity index (χ2v) is 31.3. The molecule has 4 fully saturated rings. The van der Waals surface area contributed by atoms with Crippen molar-refractivity contribution >= 4 is 52.7 Å². The van der Waals surface area contributed by atoms with E-state index in [1.165, 1.54) is 0 Å². The average Bonchev–Trinajstić information content (AvgIpc) is 1.62. The molecule has 106 heavy (non-hydrogen) atoms. The molecule has 4 aliphatic heterocycles. The normalized spacial score (nSPS) is 21.7. The summed E-state index contributed by atoms with van der Waals surface area (Å²) in [5, 5.41) is 11.8. The van der Waals surface area contributed by atoms with Gasteiger partial charge in [0.15, 0.2) is 34.3 Å². The number of amides is 3. The van der Waals surface area contributed by atoms with Gasteiger partial charge in [0.05, 0.1) is 36.6 Å². The van der Waals surface area contributed by atoms with E-state index >= 15 is 0 Å². The van der Waals surface area contributed by atoms with Crippen LogP contribution >= 0.6 is 0 Å². The SMILES string of the molecule is CC.CCC[C@H](CC(=O)[C@@H]1C[C@]2(CC(c3ccccc3)=NO2)CN1C(=O)OCC1c2ccccc2-c2ccccc21)C(OC)C(=O)CC1CC1.CCC[C@H](CC(=O)[C@@H]1C[C@]2(CC(c3ccccc3)=NO2)CN1C(=O)[C@@H](NC(=O)OCC1c2ccccc2-c2ccccc21)C(C)(C)C)C(OC)C(=O)CC1CC1. The molecule has 14 rings (SSSR count). The third kappa shape index (κ3) is 17.1. The monoisotopic (exact) mass is 1440 g/mol. The summed E-state index contributed by atoms with van der Waals surface area (Å²) in [5.74, 6) is -0.524. The zero-order valence-electron chi connectivity index (χ0n) is 63.1. The number of rotatable bonds is 28. The number of nitrogens with zero attached hydrogens (tertiary/aromatic N) is 4. The first-order chi connectivity index (χ1) is 51.3. The van der Waals surface area contributed by atoms with Gasteiger partial charge in [-0.2, -0.15) is 0 Å². The number of alkyl carbamates (subject to hydrolysis) is 1. The van der Waals surface area contributed by atoms with Crippen LogP contribution in [0, 0.1) is 29.1 Å². The Kier molecular flexibility index (Phi) is 24.4. The second kappa shape index (κ2) is 33.8. The number of ketones is 4. The van der Waals surface area contributed by atoms with Crippen molar-refractivity contribution in [2.45, 2.75) is 205 Å². The number of benzene rings is 6. The number of carbonyl (C=O) groups excluding carboxylic acids is 7. The van der Waals surface area contributed by atoms with Gasteiger partial charge in [-0.25, -0.2) is 9.59 Å². The van der Waals surface area contributed by atoms with E-state index in [4.69, 9.17) is 28.6 Å². The maximum atomic E-state index is 14.9. The van der Waals surface area contributed by atoms with Crippen molar-refractivity contribution in [3.63, 3.8) is 0 Å². The summed E-state index contributed by atoms with van der Waals surface area (Å²) < 4.78 is 23.5. The van der Waals surface area contributed by atoms with E-state index in [0.717, 1.165) is 106 Å². The molecule has 2 saturated heterocycles. The number of ether oxygens (including phenoxy) is 4. The average molecular weight is 1440 g/mol. The number of hydrogen-bond acceptors (Lipinski definition) is 15. The van der Waals surface area contributed by atoms with Gasteiger partial charge >= 0.3 is 12.2 Å². The summed E-state index contributed by atoms with van der Waals surface area (Å²) in [5.41, 5.74) is 9.91. The molecule has 1 N–H and O–H groups in total. The van der Waals surface area contributed by atoms with Crippen molar-refractivity contribution in [3.8, 4) is 22.3 Å². The van der Waals surface area contributed by atoms with Crippen molar-refractivity contribution in [1.82, 2.24) is 15.1 Å². The third-order valence-corrected chi connectivity index (χ3v) is 22.6. The van der Waals surface area contributed by atoms with Crippen molar-refractivity contribution in [1.29, 1.82) is 0 Å². The Labute approximate surface area is 624 Å². The highest BCUT2D eigenvalue weighted by molar-refractivity contribution is 6.03. The fourth-order valence-electron chi connectivity index (χ4n) is 17.0. The van der Waals surface area contributed by atoms with E-state index in [0.29, 0.717) is 56.8 Å². The first kappa shape index (κ1) is 76.5. The van der Waals surface area contributed by atoms with Crippen LogP contribution in [0.15, 0.2) is 168 Å². The molecule has 4 aliphatic carbocycles. The fraction of sp³-hybridized carbons (Fsp3) is 0.489. The lowest BCUT2D eigenvalue weighted by molar-refractivity contribution is -0.143. The zero-order valence-corrected chi connectivity index (χ0v) is 63.1. The van der Waals surface area contributed by atoms with E-state index in [2.05, 4.69) is 71.1 Å². The molecule has 2 saturated carbocycles. The molecule has 4 heterocycles. The summed E-state index contributed by atoms with van der Waals surface area (Å²) in [6.45, 7) is 14.3. The molecule has 18 heteroatoms. The van der Waals surface area contributed by atoms with Gasteiger partial charge in [0.25, 0.3) is 0 Å². The van der Waals surface area contributed by atoms with Gasteiger partial charge in [0, 0.05) is 77.4 Å². The number of hydrogen-bond donors (Lipinski definition) is 1. The third-order valence-electron chi connectivity index (χ3n) is 22.6. The lowest BCUT2D eigenvalue weighted by Gasteiger charge is -2.35. The molecule has 0 aromatic heterocycles. The molecule has 6 aromatic rings. The van der Waals surface area contributed by atoms with Crippen molar-refractivity contribution in [2.75, 3.05) is 40.5 Å². The predicted octanol–water partition coefficient (Wildman–Crippen LogP) is 16.2. The Morgan fingerprint density at radius 1 is 0.519 bits per heavy atom. The topological polar surface area (TPSA) is 218 Å². The van der Waals surface area contributed by atoms with Crippen molar-refractivity contribution in [3.05, 3.63) is 191 Å². The minimum absolute atomic E-state index is 0.0391. The van der Waals surface area contributed by atoms with E-state index in [-0.39, 0.29) is 92.4 Å². The Bertz CT molecular complexity index is 4110. The minimum atomic E-state index is -1.02. The molecule has 9 atom stereocenters. The standard InChI is InChI=1S/C46H55N3O7.C40H44N2O6.C2H6/c1-6-14-31(41(54-5)40(51)23-29-21-22-29)24-39(50)38-26-46(25-37(48-56-46)30-15-8-7-9-16-30)28-49(38)43(52)42(45(2,3)4)47-44(53)55-27-36-34-19-12-10-17-32(34)33-18-11-13-20-35(33)36;1-3-11-28(38(46-2)37(44)20-26-18-19-26)21-36(43)35-23-40(22-34(41-48-40)27-12-5-4-6-13-27)25-42(35)39(45)47-24-33-31-16-9-7-14-29(31)30-15-8-10-17-32(30)33;1-2/h7-13,15-20,29,31,36,38,41-42H,6,14,21-28H2,1-5H3,(H,47,53);4-10,12-17,26,28,33,35,38H,3,11,18-25H2,1-2H3;1-2H3/t31-,38+,41?,42-,46-;28-,35+,38?,40-;/m11./s1. The molecule has 18 nitrogen and oxygen atoms in total. The zero-order chi connectivity index (χ0) is 74.9. The summed E-state index contributed by atoms with van der Waals surface area (Å²) in [7, 11) is 3.10. The molecule has 6 aromatic carbocycles. The van der Waals surface area contributed by atoms with Gasteiger partial charge in [0.2, 0.25) is 5.91 Å². The van der Waals surface area contributed by atoms with Crippen LogP contribution in [0.1, 0.15) is 196 Å². The minimum Gasteiger partial charge on any atom is -0.449 e. The van der Waals surface area contributed by atoms with Crippen molar-refractivity contribution < 1.29 is 62.2 Å². The molecule has 3 amide bonds. The summed E-state index contributed by atoms with van der Waals surface area (Å²) in [4.78, 5) is 114. The number of likely N-dealkylation sites (tertiary alicyclic amines) is 2. The molecule has 2 spiro atoms. The molecule has 2 unspecified atom stereocenters. The first-order valence-corrected chi connectivity index (χ1v) is 38.6. The summed E-state index contributed by atoms with van der Waals surface area (Å²) in [6, 6.07) is 49.7. The molecular weight excluding hydrogens is 1330 g/mol. The summed E-state index contributed by atoms with van der Waals surface area (Å²) >= 11 is 0. The Morgan fingerprint density at radius 3 is 1.26 bits per heavy atom. The van der Waals surface area contributed by atoms with Crippen LogP contribution < -0.4 is 5.32 Å². The van der Waals surface area contributed by atoms with Gasteiger partial charge in [-0.1, -0.05) is 229 Å². The number of nitrogens with one attached hydrogen (secondary N) is 1. The van der Waals surface area contributed by atoms with Gasteiger partial charge in [-0.05, 0) is 123 Å². The van der Waals surface area contributed by atoms with Gasteiger partial charge in [0.1, 0.15) is 31.5 Å². The number of methoxy groups -OCH3 is 2. The highest BCUT2D eigenvalue weighted by atomic mass is 16.7. The molecule has 0 radical (unpaired) electrons. The summed E-state index contributed by atoms with van der Waals surface area (Å²) in [6.07, 6.45) is 7.23. The molecule has 0 bridgehead atoms. The number of fused-ring (bicyclic) bond motifs is 6. The Morgan fingerprint density at radius 2 is 0.887 bits per heavy atom. The van der Waals surface area contributed by atoms with Crippen LogP contribution in [0.2, 0.25) is 0 Å². The maximum absolute atomic E-state index is 14.9. The number of carbonyl (C=O) groups is 7. The van der Waals surface area contributed by atoms with E-state index in [9.17, 15) is 33.6 Å². The van der Waals surface area contributed by atoms with Gasteiger partial charge in [-0.3, -0.25) is 28.9 Å². The lowest BCUT2D eigenvalue weighted by Crippen LogP contribution is -2.57. The van der Waals surface area contributed by atoms with E-state index in [1.54, 1.807) is 24.0 Å². The molecule has 8 aliphatic rings. The highest BCUT2D eigenvalue weighted by Gasteiger charge is 2.57. The van der Waals surface area contributed by atoms with Crippen LogP contribution in [-0.2, 0) is 52.6 Å². The fourth-order valence-corrected chi connectivity index (χ4v) is 17.0. The number of oxime groups is 2. The van der Waals surface area contributed by atoms with Crippen LogP contribution in [0.3, 0.4) is 0 Å². The Balaban J connectivity index is 0.000000196. The Hall–Kier alpha value is -9.13. The second-order valence-electron chi connectivity index (χ2n) is 31.3. The number of Topliss-reactive ketones (excluding diaryl/α,β-unsaturated/α-hetero) is 4.